The first-order valence-corrected chi connectivity index (χ1v) is 5.00. The van der Waals surface area contributed by atoms with Crippen LogP contribution in [-0.4, -0.2) is 42.4 Å². The van der Waals surface area contributed by atoms with E-state index in [2.05, 4.69) is 5.32 Å². The highest BCUT2D eigenvalue weighted by atomic mass is 16.2. The molecule has 3 N–H and O–H groups in total. The van der Waals surface area contributed by atoms with Gasteiger partial charge in [-0.05, 0) is 19.4 Å². The van der Waals surface area contributed by atoms with Crippen LogP contribution in [0.25, 0.3) is 0 Å². The van der Waals surface area contributed by atoms with E-state index in [0.29, 0.717) is 6.54 Å². The zero-order chi connectivity index (χ0) is 10.1. The average molecular weight is 197 g/mol. The number of carbonyl (C=O) groups excluding carboxylic acids is 2. The van der Waals surface area contributed by atoms with E-state index in [4.69, 9.17) is 5.73 Å². The molecule has 1 unspecified atom stereocenters. The van der Waals surface area contributed by atoms with Crippen molar-refractivity contribution in [1.82, 2.24) is 10.2 Å². The predicted octanol–water partition coefficient (Wildman–Crippen LogP) is -1.32. The van der Waals surface area contributed by atoms with Crippen LogP contribution in [0.5, 0.6) is 0 Å². The molecular weight excluding hydrogens is 182 g/mol. The molecule has 0 spiro atoms. The quantitative estimate of drug-likeness (QED) is 0.576. The number of hydrogen-bond donors (Lipinski definition) is 2. The summed E-state index contributed by atoms with van der Waals surface area (Å²) in [6.07, 6.45) is 1.60. The van der Waals surface area contributed by atoms with E-state index >= 15 is 0 Å². The predicted molar refractivity (Wildman–Crippen MR) is 50.3 cm³/mol. The second-order valence-electron chi connectivity index (χ2n) is 3.93. The number of carbonyl (C=O) groups is 2. The van der Waals surface area contributed by atoms with Crippen molar-refractivity contribution >= 4 is 11.8 Å². The number of nitrogens with two attached hydrogens (primary N) is 1. The van der Waals surface area contributed by atoms with Crippen LogP contribution >= 0.6 is 0 Å². The fourth-order valence-electron chi connectivity index (χ4n) is 2.05. The summed E-state index contributed by atoms with van der Waals surface area (Å²) in [4.78, 5) is 24.4. The number of primary amides is 1. The third-order valence-electron chi connectivity index (χ3n) is 3.04. The van der Waals surface area contributed by atoms with Crippen LogP contribution < -0.4 is 11.1 Å². The number of likely N-dealkylation sites (tertiary alicyclic amines) is 1. The zero-order valence-electron chi connectivity index (χ0n) is 8.03. The summed E-state index contributed by atoms with van der Waals surface area (Å²) in [6, 6.07) is -0.344. The second-order valence-corrected chi connectivity index (χ2v) is 3.93. The third-order valence-corrected chi connectivity index (χ3v) is 3.04. The van der Waals surface area contributed by atoms with Gasteiger partial charge in [0.05, 0.1) is 5.92 Å². The highest BCUT2D eigenvalue weighted by Gasteiger charge is 2.39. The Balaban J connectivity index is 1.94. The van der Waals surface area contributed by atoms with Gasteiger partial charge in [-0.1, -0.05) is 0 Å². The Labute approximate surface area is 82.6 Å². The molecule has 2 fully saturated rings. The van der Waals surface area contributed by atoms with E-state index in [9.17, 15) is 9.59 Å². The van der Waals surface area contributed by atoms with Gasteiger partial charge in [0.25, 0.3) is 0 Å². The van der Waals surface area contributed by atoms with Crippen molar-refractivity contribution in [2.75, 3.05) is 19.6 Å². The highest BCUT2D eigenvalue weighted by Crippen LogP contribution is 2.22. The molecule has 2 amide bonds. The molecule has 0 radical (unpaired) electrons. The second kappa shape index (κ2) is 3.57. The molecule has 0 aromatic carbocycles. The monoisotopic (exact) mass is 197 g/mol. The number of nitrogens with one attached hydrogen (secondary N) is 1. The van der Waals surface area contributed by atoms with E-state index in [0.717, 1.165) is 25.9 Å². The van der Waals surface area contributed by atoms with E-state index in [-0.39, 0.29) is 23.8 Å². The van der Waals surface area contributed by atoms with Crippen molar-refractivity contribution in [2.24, 2.45) is 11.7 Å². The molecular formula is C9H15N3O2. The van der Waals surface area contributed by atoms with Crippen molar-refractivity contribution in [2.45, 2.75) is 18.9 Å². The molecule has 2 aliphatic heterocycles. The molecule has 2 rings (SSSR count). The molecule has 78 valence electrons. The lowest BCUT2D eigenvalue weighted by Gasteiger charge is -2.40. The van der Waals surface area contributed by atoms with E-state index in [1.807, 2.05) is 0 Å². The minimum Gasteiger partial charge on any atom is -0.368 e. The highest BCUT2D eigenvalue weighted by molar-refractivity contribution is 5.89. The lowest BCUT2D eigenvalue weighted by molar-refractivity contribution is -0.148. The summed E-state index contributed by atoms with van der Waals surface area (Å²) in [5, 5.41) is 3.14. The van der Waals surface area contributed by atoms with Crippen molar-refractivity contribution in [3.63, 3.8) is 0 Å². The van der Waals surface area contributed by atoms with Crippen LogP contribution in [0.4, 0.5) is 0 Å². The summed E-state index contributed by atoms with van der Waals surface area (Å²) in [5.74, 6) is -0.238. The van der Waals surface area contributed by atoms with Crippen molar-refractivity contribution in [3.8, 4) is 0 Å². The Morgan fingerprint density at radius 1 is 1.36 bits per heavy atom. The summed E-state index contributed by atoms with van der Waals surface area (Å²) in [6.45, 7) is 2.31. The van der Waals surface area contributed by atoms with Crippen molar-refractivity contribution < 1.29 is 9.59 Å². The number of hydrogen-bond acceptors (Lipinski definition) is 3. The Morgan fingerprint density at radius 2 is 2.14 bits per heavy atom. The molecule has 14 heavy (non-hydrogen) atoms. The summed E-state index contributed by atoms with van der Waals surface area (Å²) in [7, 11) is 0. The number of nitrogens with zero attached hydrogens (tertiary/aromatic N) is 1. The Morgan fingerprint density at radius 3 is 2.57 bits per heavy atom. The zero-order valence-corrected chi connectivity index (χ0v) is 8.03. The van der Waals surface area contributed by atoms with Crippen LogP contribution in [0.1, 0.15) is 12.8 Å². The average Bonchev–Trinajstić information content (AvgIpc) is 2.51. The summed E-state index contributed by atoms with van der Waals surface area (Å²) in [5.41, 5.74) is 5.18. The number of amides is 2. The first-order valence-electron chi connectivity index (χ1n) is 5.00. The van der Waals surface area contributed by atoms with Gasteiger partial charge in [-0.25, -0.2) is 0 Å². The topological polar surface area (TPSA) is 75.4 Å². The van der Waals surface area contributed by atoms with Crippen LogP contribution in [0.15, 0.2) is 0 Å². The maximum atomic E-state index is 11.8. The van der Waals surface area contributed by atoms with Crippen LogP contribution in [0.2, 0.25) is 0 Å². The van der Waals surface area contributed by atoms with Gasteiger partial charge < -0.3 is 16.0 Å². The van der Waals surface area contributed by atoms with Crippen LogP contribution in [0, 0.1) is 5.92 Å². The third kappa shape index (κ3) is 1.48. The van der Waals surface area contributed by atoms with Gasteiger partial charge in [0.1, 0.15) is 6.04 Å². The normalized spacial score (nSPS) is 31.3. The number of rotatable bonds is 2. The van der Waals surface area contributed by atoms with Gasteiger partial charge >= 0.3 is 0 Å². The van der Waals surface area contributed by atoms with Gasteiger partial charge in [-0.15, -0.1) is 0 Å². The molecule has 2 aliphatic rings. The standard InChI is InChI=1S/C9H15N3O2/c10-8(13)7-2-4-12(7)9(14)6-1-3-11-5-6/h6-7,11H,1-5H2,(H2,10,13)/t6-,7?/m1/s1. The molecule has 5 heteroatoms. The maximum Gasteiger partial charge on any atom is 0.240 e. The molecule has 0 bridgehead atoms. The molecule has 2 atom stereocenters. The first-order chi connectivity index (χ1) is 6.70. The molecule has 0 aliphatic carbocycles. The van der Waals surface area contributed by atoms with Crippen LogP contribution in [-0.2, 0) is 9.59 Å². The minimum absolute atomic E-state index is 0.0529. The molecule has 2 saturated heterocycles. The van der Waals surface area contributed by atoms with E-state index in [1.54, 1.807) is 4.90 Å². The van der Waals surface area contributed by atoms with Crippen molar-refractivity contribution in [1.29, 1.82) is 0 Å². The largest absolute Gasteiger partial charge is 0.368 e. The minimum atomic E-state index is -0.379. The van der Waals surface area contributed by atoms with Gasteiger partial charge in [-0.3, -0.25) is 9.59 Å². The van der Waals surface area contributed by atoms with Crippen LogP contribution in [0.3, 0.4) is 0 Å². The molecule has 0 saturated carbocycles. The van der Waals surface area contributed by atoms with E-state index < -0.39 is 0 Å². The SMILES string of the molecule is NC(=O)C1CCN1C(=O)[C@@H]1CCNC1. The Kier molecular flexibility index (Phi) is 2.41. The molecule has 0 aromatic rings. The fraction of sp³-hybridized carbons (Fsp3) is 0.778. The fourth-order valence-corrected chi connectivity index (χ4v) is 2.05. The summed E-state index contributed by atoms with van der Waals surface area (Å²) >= 11 is 0. The molecule has 5 nitrogen and oxygen atoms in total. The molecule has 2 heterocycles. The van der Waals surface area contributed by atoms with Gasteiger partial charge in [-0.2, -0.15) is 0 Å². The first kappa shape index (κ1) is 9.45. The van der Waals surface area contributed by atoms with Gasteiger partial charge in [0.15, 0.2) is 0 Å². The van der Waals surface area contributed by atoms with Crippen molar-refractivity contribution in [3.05, 3.63) is 0 Å². The maximum absolute atomic E-state index is 11.8. The summed E-state index contributed by atoms with van der Waals surface area (Å²) < 4.78 is 0. The Bertz CT molecular complexity index is 261. The van der Waals surface area contributed by atoms with Gasteiger partial charge in [0, 0.05) is 13.1 Å². The lowest BCUT2D eigenvalue weighted by atomic mass is 9.98. The van der Waals surface area contributed by atoms with Gasteiger partial charge in [0.2, 0.25) is 11.8 Å². The Hall–Kier alpha value is -1.10. The van der Waals surface area contributed by atoms with E-state index in [1.165, 1.54) is 0 Å². The lowest BCUT2D eigenvalue weighted by Crippen LogP contribution is -2.58. The molecule has 0 aromatic heterocycles. The smallest absolute Gasteiger partial charge is 0.240 e.